The molecule has 184 valence electrons. The van der Waals surface area contributed by atoms with E-state index < -0.39 is 0 Å². The van der Waals surface area contributed by atoms with Crippen LogP contribution in [0.5, 0.6) is 5.75 Å². The van der Waals surface area contributed by atoms with Gasteiger partial charge in [0.2, 0.25) is 11.8 Å². The van der Waals surface area contributed by atoms with Gasteiger partial charge in [-0.15, -0.1) is 11.3 Å². The number of amides is 2. The Bertz CT molecular complexity index is 988. The highest BCUT2D eigenvalue weighted by Gasteiger charge is 2.35. The molecule has 1 aromatic heterocycles. The molecule has 2 aromatic rings. The topological polar surface area (TPSA) is 49.9 Å². The lowest BCUT2D eigenvalue weighted by Gasteiger charge is -2.37. The van der Waals surface area contributed by atoms with Crippen LogP contribution >= 0.6 is 11.3 Å². The predicted octanol–water partition coefficient (Wildman–Crippen LogP) is 5.46. The third-order valence-corrected chi connectivity index (χ3v) is 8.19. The van der Waals surface area contributed by atoms with Crippen molar-refractivity contribution in [1.29, 1.82) is 0 Å². The van der Waals surface area contributed by atoms with Gasteiger partial charge in [0.1, 0.15) is 18.2 Å². The number of carbonyl (C=O) groups excluding carboxylic acids is 2. The average Bonchev–Trinajstić information content (AvgIpc) is 3.53. The van der Waals surface area contributed by atoms with Gasteiger partial charge in [-0.05, 0) is 54.3 Å². The molecule has 2 atom stereocenters. The van der Waals surface area contributed by atoms with Crippen LogP contribution < -0.4 is 4.74 Å². The van der Waals surface area contributed by atoms with Gasteiger partial charge in [0.25, 0.3) is 0 Å². The molecule has 1 aromatic carbocycles. The van der Waals surface area contributed by atoms with Gasteiger partial charge < -0.3 is 14.5 Å². The van der Waals surface area contributed by atoms with Gasteiger partial charge in [-0.2, -0.15) is 0 Å². The van der Waals surface area contributed by atoms with Gasteiger partial charge in [-0.1, -0.05) is 39.2 Å². The normalized spacial score (nSPS) is 19.0. The standard InChI is InChI=1S/C27H35FN2O3S/c1-3-19(2)16-29(27(32)20-7-4-5-8-20)17-26(31)30-13-11-25-23(12-14-34-25)24(30)18-33-22-10-6-9-21(28)15-22/h6,9-10,12,14-15,19-20,24H,3-5,7-8,11,13,16-18H2,1-2H3/t19-,24-/m1/s1. The van der Waals surface area contributed by atoms with E-state index in [4.69, 9.17) is 4.74 Å². The molecule has 0 N–H and O–H groups in total. The van der Waals surface area contributed by atoms with E-state index in [0.717, 1.165) is 44.1 Å². The molecule has 5 nitrogen and oxygen atoms in total. The molecule has 34 heavy (non-hydrogen) atoms. The average molecular weight is 487 g/mol. The summed E-state index contributed by atoms with van der Waals surface area (Å²) in [5.41, 5.74) is 1.09. The SMILES string of the molecule is CC[C@@H](C)CN(CC(=O)N1CCc2sccc2[C@H]1COc1cccc(F)c1)C(=O)C1CCCC1. The van der Waals surface area contributed by atoms with Crippen molar-refractivity contribution in [2.24, 2.45) is 11.8 Å². The Hall–Kier alpha value is -2.41. The van der Waals surface area contributed by atoms with Crippen LogP contribution in [0.4, 0.5) is 4.39 Å². The number of benzene rings is 1. The Balaban J connectivity index is 1.50. The number of rotatable bonds is 9. The highest BCUT2D eigenvalue weighted by atomic mass is 32.1. The second-order valence-corrected chi connectivity index (χ2v) is 10.6. The number of hydrogen-bond donors (Lipinski definition) is 0. The van der Waals surface area contributed by atoms with Crippen molar-refractivity contribution in [3.63, 3.8) is 0 Å². The molecule has 0 saturated heterocycles. The summed E-state index contributed by atoms with van der Waals surface area (Å²) in [5, 5.41) is 2.05. The van der Waals surface area contributed by atoms with E-state index in [1.807, 2.05) is 10.3 Å². The number of ether oxygens (including phenoxy) is 1. The number of hydrogen-bond acceptors (Lipinski definition) is 4. The molecule has 1 saturated carbocycles. The third kappa shape index (κ3) is 5.80. The zero-order valence-corrected chi connectivity index (χ0v) is 21.0. The lowest BCUT2D eigenvalue weighted by atomic mass is 10.00. The van der Waals surface area contributed by atoms with E-state index in [-0.39, 0.29) is 42.7 Å². The Morgan fingerprint density at radius 3 is 2.79 bits per heavy atom. The highest BCUT2D eigenvalue weighted by molar-refractivity contribution is 7.10. The molecule has 2 amide bonds. The molecular formula is C27H35FN2O3S. The van der Waals surface area contributed by atoms with E-state index in [2.05, 4.69) is 19.9 Å². The monoisotopic (exact) mass is 486 g/mol. The van der Waals surface area contributed by atoms with Crippen molar-refractivity contribution in [2.45, 2.75) is 58.4 Å². The van der Waals surface area contributed by atoms with Crippen LogP contribution in [-0.2, 0) is 16.0 Å². The maximum Gasteiger partial charge on any atom is 0.242 e. The maximum atomic E-state index is 13.6. The molecule has 4 rings (SSSR count). The Morgan fingerprint density at radius 1 is 1.26 bits per heavy atom. The molecule has 2 aliphatic rings. The minimum atomic E-state index is -0.351. The first kappa shape index (κ1) is 24.7. The number of thiophene rings is 1. The number of fused-ring (bicyclic) bond motifs is 1. The van der Waals surface area contributed by atoms with Crippen LogP contribution in [0.1, 0.15) is 62.4 Å². The van der Waals surface area contributed by atoms with Gasteiger partial charge in [-0.3, -0.25) is 9.59 Å². The fraction of sp³-hybridized carbons (Fsp3) is 0.556. The van der Waals surface area contributed by atoms with Crippen molar-refractivity contribution in [2.75, 3.05) is 26.2 Å². The lowest BCUT2D eigenvalue weighted by molar-refractivity contribution is -0.145. The first-order valence-corrected chi connectivity index (χ1v) is 13.4. The second-order valence-electron chi connectivity index (χ2n) is 9.63. The predicted molar refractivity (Wildman–Crippen MR) is 132 cm³/mol. The van der Waals surface area contributed by atoms with Crippen molar-refractivity contribution >= 4 is 23.2 Å². The third-order valence-electron chi connectivity index (χ3n) is 7.19. The van der Waals surface area contributed by atoms with Crippen molar-refractivity contribution in [3.8, 4) is 5.75 Å². The molecule has 1 aliphatic carbocycles. The number of nitrogens with zero attached hydrogens (tertiary/aromatic N) is 2. The summed E-state index contributed by atoms with van der Waals surface area (Å²) in [7, 11) is 0. The summed E-state index contributed by atoms with van der Waals surface area (Å²) >= 11 is 1.70. The lowest BCUT2D eigenvalue weighted by Crippen LogP contribution is -2.49. The summed E-state index contributed by atoms with van der Waals surface area (Å²) in [5.74, 6) is 0.580. The molecule has 1 aliphatic heterocycles. The Kier molecular flexibility index (Phi) is 8.24. The van der Waals surface area contributed by atoms with E-state index in [0.29, 0.717) is 24.8 Å². The molecule has 0 radical (unpaired) electrons. The molecule has 2 heterocycles. The first-order valence-electron chi connectivity index (χ1n) is 12.5. The van der Waals surface area contributed by atoms with Gasteiger partial charge >= 0.3 is 0 Å². The van der Waals surface area contributed by atoms with Crippen molar-refractivity contribution < 1.29 is 18.7 Å². The van der Waals surface area contributed by atoms with Crippen LogP contribution in [0.25, 0.3) is 0 Å². The largest absolute Gasteiger partial charge is 0.491 e. The number of halogens is 1. The Morgan fingerprint density at radius 2 is 2.06 bits per heavy atom. The van der Waals surface area contributed by atoms with Gasteiger partial charge in [0.05, 0.1) is 12.6 Å². The van der Waals surface area contributed by atoms with Crippen LogP contribution in [0, 0.1) is 17.7 Å². The molecular weight excluding hydrogens is 451 g/mol. The van der Waals surface area contributed by atoms with Gasteiger partial charge in [-0.25, -0.2) is 4.39 Å². The smallest absolute Gasteiger partial charge is 0.242 e. The van der Waals surface area contributed by atoms with Crippen LogP contribution in [0.15, 0.2) is 35.7 Å². The first-order chi connectivity index (χ1) is 16.5. The highest BCUT2D eigenvalue weighted by Crippen LogP contribution is 2.34. The molecule has 1 fully saturated rings. The summed E-state index contributed by atoms with van der Waals surface area (Å²) in [4.78, 5) is 31.8. The molecule has 0 spiro atoms. The van der Waals surface area contributed by atoms with Crippen LogP contribution in [0.3, 0.4) is 0 Å². The minimum absolute atomic E-state index is 0.0423. The quantitative estimate of drug-likeness (QED) is 0.473. The minimum Gasteiger partial charge on any atom is -0.491 e. The van der Waals surface area contributed by atoms with E-state index in [9.17, 15) is 14.0 Å². The fourth-order valence-corrected chi connectivity index (χ4v) is 5.96. The van der Waals surface area contributed by atoms with Crippen molar-refractivity contribution in [3.05, 3.63) is 52.0 Å². The summed E-state index contributed by atoms with van der Waals surface area (Å²) < 4.78 is 19.6. The zero-order valence-electron chi connectivity index (χ0n) is 20.2. The van der Waals surface area contributed by atoms with Gasteiger partial charge in [0.15, 0.2) is 0 Å². The van der Waals surface area contributed by atoms with E-state index >= 15 is 0 Å². The van der Waals surface area contributed by atoms with Crippen LogP contribution in [0.2, 0.25) is 0 Å². The second kappa shape index (κ2) is 11.3. The zero-order chi connectivity index (χ0) is 24.1. The van der Waals surface area contributed by atoms with Crippen LogP contribution in [-0.4, -0.2) is 47.9 Å². The molecule has 7 heteroatoms. The summed E-state index contributed by atoms with van der Waals surface area (Å²) in [6.45, 7) is 5.81. The summed E-state index contributed by atoms with van der Waals surface area (Å²) in [6, 6.07) is 7.88. The van der Waals surface area contributed by atoms with Gasteiger partial charge in [0, 0.05) is 30.0 Å². The van der Waals surface area contributed by atoms with E-state index in [1.54, 1.807) is 28.4 Å². The maximum absolute atomic E-state index is 13.6. The van der Waals surface area contributed by atoms with E-state index in [1.165, 1.54) is 17.0 Å². The fourth-order valence-electron chi connectivity index (χ4n) is 5.03. The summed E-state index contributed by atoms with van der Waals surface area (Å²) in [6.07, 6.45) is 5.81. The molecule has 0 unspecified atom stereocenters. The Labute approximate surface area is 205 Å². The number of carbonyl (C=O) groups is 2. The van der Waals surface area contributed by atoms with Crippen molar-refractivity contribution in [1.82, 2.24) is 9.80 Å². The molecule has 0 bridgehead atoms.